The largest absolute Gasteiger partial charge is 0.444 e. The Morgan fingerprint density at radius 3 is 1.69 bits per heavy atom. The quantitative estimate of drug-likeness (QED) is 0.0681. The Morgan fingerprint density at radius 1 is 0.677 bits per heavy atom. The minimum Gasteiger partial charge on any atom is -0.444 e. The molecule has 0 spiro atoms. The number of alkyl carbamates (subject to hydrolysis) is 1. The molecule has 3 atom stereocenters. The Kier molecular flexibility index (Phi) is 17.6. The molecule has 11 amide bonds. The second-order valence-corrected chi connectivity index (χ2v) is 16.1. The maximum atomic E-state index is 13.3. The first-order valence-corrected chi connectivity index (χ1v) is 20.7. The normalized spacial score (nSPS) is 18.4. The van der Waals surface area contributed by atoms with Crippen molar-refractivity contribution < 1.29 is 62.6 Å². The molecular weight excluding hydrogens is 812 g/mol. The summed E-state index contributed by atoms with van der Waals surface area (Å²) in [5, 5.41) is 18.5. The SMILES string of the molecule is CC(C)(C)OC(=O)NCCCC(=O)N(CCCNC(=O)CCC(CN1C(=O)C=CC1=O)N1C(=O)C=CC1=O)CCCNC(=O)CCC(CN1C(=O)CCC1=O)N1C(=O)C=CC1O. The molecule has 0 aromatic heterocycles. The molecule has 0 radical (unpaired) electrons. The Labute approximate surface area is 358 Å². The van der Waals surface area contributed by atoms with Crippen LogP contribution in [0.3, 0.4) is 0 Å². The minimum atomic E-state index is -1.26. The van der Waals surface area contributed by atoms with Gasteiger partial charge in [-0.1, -0.05) is 0 Å². The van der Waals surface area contributed by atoms with Gasteiger partial charge >= 0.3 is 6.09 Å². The van der Waals surface area contributed by atoms with Crippen LogP contribution in [-0.4, -0.2) is 164 Å². The maximum Gasteiger partial charge on any atom is 0.407 e. The first kappa shape index (κ1) is 48.4. The van der Waals surface area contributed by atoms with E-state index in [2.05, 4.69) is 16.0 Å². The van der Waals surface area contributed by atoms with Gasteiger partial charge in [-0.25, -0.2) is 4.79 Å². The summed E-state index contributed by atoms with van der Waals surface area (Å²) in [6.07, 6.45) is 5.88. The maximum absolute atomic E-state index is 13.3. The number of imide groups is 3. The van der Waals surface area contributed by atoms with Crippen molar-refractivity contribution in [1.29, 1.82) is 0 Å². The van der Waals surface area contributed by atoms with Crippen molar-refractivity contribution in [3.63, 3.8) is 0 Å². The van der Waals surface area contributed by atoms with Crippen LogP contribution < -0.4 is 16.0 Å². The number of ether oxygens (including phenoxy) is 1. The summed E-state index contributed by atoms with van der Waals surface area (Å²) < 4.78 is 5.23. The molecule has 0 saturated carbocycles. The van der Waals surface area contributed by atoms with Crippen molar-refractivity contribution in [1.82, 2.24) is 40.4 Å². The first-order chi connectivity index (χ1) is 29.3. The molecule has 21 heteroatoms. The van der Waals surface area contributed by atoms with E-state index in [-0.39, 0.29) is 114 Å². The molecule has 1 fully saturated rings. The molecule has 338 valence electrons. The summed E-state index contributed by atoms with van der Waals surface area (Å²) in [6.45, 7) is 5.71. The summed E-state index contributed by atoms with van der Waals surface area (Å²) in [6, 6.07) is -1.74. The van der Waals surface area contributed by atoms with E-state index < -0.39 is 65.4 Å². The van der Waals surface area contributed by atoms with Crippen LogP contribution in [0, 0.1) is 0 Å². The zero-order valence-electron chi connectivity index (χ0n) is 35.3. The topological polar surface area (TPSA) is 270 Å². The zero-order valence-corrected chi connectivity index (χ0v) is 35.3. The molecule has 0 aliphatic carbocycles. The number of aliphatic hydroxyl groups excluding tert-OH is 1. The molecule has 21 nitrogen and oxygen atoms in total. The molecule has 1 saturated heterocycles. The van der Waals surface area contributed by atoms with E-state index >= 15 is 0 Å². The third-order valence-electron chi connectivity index (χ3n) is 10.2. The van der Waals surface area contributed by atoms with Crippen LogP contribution in [0.2, 0.25) is 0 Å². The van der Waals surface area contributed by atoms with Gasteiger partial charge < -0.3 is 35.6 Å². The van der Waals surface area contributed by atoms with Crippen LogP contribution in [0.25, 0.3) is 0 Å². The van der Waals surface area contributed by atoms with E-state index in [1.165, 1.54) is 12.2 Å². The zero-order chi connectivity index (χ0) is 45.6. The number of carbonyl (C=O) groups excluding carboxylic acids is 11. The average molecular weight is 869 g/mol. The number of carbonyl (C=O) groups is 11. The highest BCUT2D eigenvalue weighted by Gasteiger charge is 2.38. The number of hydrogen-bond donors (Lipinski definition) is 4. The van der Waals surface area contributed by atoms with Gasteiger partial charge in [-0.2, -0.15) is 0 Å². The highest BCUT2D eigenvalue weighted by atomic mass is 16.6. The van der Waals surface area contributed by atoms with Gasteiger partial charge in [-0.15, -0.1) is 0 Å². The van der Waals surface area contributed by atoms with Gasteiger partial charge in [0.2, 0.25) is 35.4 Å². The summed E-state index contributed by atoms with van der Waals surface area (Å²) in [7, 11) is 0. The Bertz CT molecular complexity index is 1820. The summed E-state index contributed by atoms with van der Waals surface area (Å²) in [5.74, 6) is -4.75. The summed E-state index contributed by atoms with van der Waals surface area (Å²) in [4.78, 5) is 143. The van der Waals surface area contributed by atoms with Gasteiger partial charge in [0.1, 0.15) is 11.8 Å². The number of hydrogen-bond acceptors (Lipinski definition) is 13. The van der Waals surface area contributed by atoms with Gasteiger partial charge in [0.05, 0.1) is 18.6 Å². The van der Waals surface area contributed by atoms with Crippen LogP contribution in [0.15, 0.2) is 36.5 Å². The molecule has 0 aromatic rings. The smallest absolute Gasteiger partial charge is 0.407 e. The van der Waals surface area contributed by atoms with Gasteiger partial charge in [0, 0.05) is 102 Å². The molecule has 62 heavy (non-hydrogen) atoms. The predicted molar refractivity (Wildman–Crippen MR) is 216 cm³/mol. The van der Waals surface area contributed by atoms with Crippen LogP contribution in [0.1, 0.15) is 85.0 Å². The van der Waals surface area contributed by atoms with Crippen molar-refractivity contribution in [3.8, 4) is 0 Å². The van der Waals surface area contributed by atoms with Crippen molar-refractivity contribution in [3.05, 3.63) is 36.5 Å². The van der Waals surface area contributed by atoms with Crippen LogP contribution >= 0.6 is 0 Å². The standard InChI is InChI=1S/C41H56N8O13/c1-41(2,3)62-40(61)44-20-4-7-31(52)45(23-5-21-42-29(50)10-8-27(48-36(57)16-17-37(48)58)25-46-32(53)12-13-33(46)54)24-6-22-43-30(51)11-9-28(49-38(59)18-19-39(49)60)26-47-34(55)14-15-35(47)56/h12-13,16-19,27-28,38,59H,4-11,14-15,20-26H2,1-3H3,(H,42,50)(H,43,51)(H,44,61). The van der Waals surface area contributed by atoms with E-state index in [1.54, 1.807) is 25.7 Å². The van der Waals surface area contributed by atoms with Gasteiger partial charge in [-0.05, 0) is 59.0 Å². The van der Waals surface area contributed by atoms with Crippen molar-refractivity contribution in [2.24, 2.45) is 0 Å². The fourth-order valence-electron chi connectivity index (χ4n) is 7.16. The summed E-state index contributed by atoms with van der Waals surface area (Å²) in [5.41, 5.74) is -0.692. The lowest BCUT2D eigenvalue weighted by atomic mass is 10.1. The first-order valence-electron chi connectivity index (χ1n) is 20.7. The molecule has 0 bridgehead atoms. The van der Waals surface area contributed by atoms with E-state index in [4.69, 9.17) is 4.74 Å². The fourth-order valence-corrected chi connectivity index (χ4v) is 7.16. The summed E-state index contributed by atoms with van der Waals surface area (Å²) >= 11 is 0. The second-order valence-electron chi connectivity index (χ2n) is 16.1. The number of aliphatic hydroxyl groups is 1. The fraction of sp³-hybridized carbons (Fsp3) is 0.585. The lowest BCUT2D eigenvalue weighted by molar-refractivity contribution is -0.145. The highest BCUT2D eigenvalue weighted by Crippen LogP contribution is 2.22. The van der Waals surface area contributed by atoms with E-state index in [0.717, 1.165) is 43.9 Å². The Morgan fingerprint density at radius 2 is 1.18 bits per heavy atom. The van der Waals surface area contributed by atoms with Gasteiger partial charge in [0.25, 0.3) is 23.6 Å². The Hall–Kier alpha value is -6.25. The predicted octanol–water partition coefficient (Wildman–Crippen LogP) is -0.854. The molecule has 4 heterocycles. The van der Waals surface area contributed by atoms with Gasteiger partial charge in [-0.3, -0.25) is 62.6 Å². The molecular formula is C41H56N8O13. The number of nitrogens with zero attached hydrogens (tertiary/aromatic N) is 5. The average Bonchev–Trinajstić information content (AvgIpc) is 3.93. The molecule has 4 N–H and O–H groups in total. The number of likely N-dealkylation sites (tertiary alicyclic amines) is 1. The monoisotopic (exact) mass is 868 g/mol. The van der Waals surface area contributed by atoms with E-state index in [9.17, 15) is 57.8 Å². The van der Waals surface area contributed by atoms with Crippen LogP contribution in [0.5, 0.6) is 0 Å². The van der Waals surface area contributed by atoms with Gasteiger partial charge in [0.15, 0.2) is 0 Å². The van der Waals surface area contributed by atoms with Crippen molar-refractivity contribution in [2.75, 3.05) is 45.8 Å². The number of amides is 11. The third-order valence-corrected chi connectivity index (χ3v) is 10.2. The number of nitrogens with one attached hydrogen (secondary N) is 3. The second kappa shape index (κ2) is 22.6. The van der Waals surface area contributed by atoms with Crippen molar-refractivity contribution >= 4 is 65.2 Å². The lowest BCUT2D eigenvalue weighted by Gasteiger charge is -2.33. The molecule has 0 aromatic carbocycles. The van der Waals surface area contributed by atoms with Crippen molar-refractivity contribution in [2.45, 2.75) is 109 Å². The molecule has 4 rings (SSSR count). The number of rotatable bonds is 24. The van der Waals surface area contributed by atoms with E-state index in [1.807, 2.05) is 0 Å². The highest BCUT2D eigenvalue weighted by molar-refractivity contribution is 6.14. The molecule has 3 unspecified atom stereocenters. The molecule has 4 aliphatic heterocycles. The minimum absolute atomic E-state index is 0.0241. The molecule has 4 aliphatic rings. The van der Waals surface area contributed by atoms with Crippen LogP contribution in [0.4, 0.5) is 4.79 Å². The van der Waals surface area contributed by atoms with Crippen LogP contribution in [-0.2, 0) is 52.7 Å². The Balaban J connectivity index is 1.26. The third kappa shape index (κ3) is 14.4. The lowest BCUT2D eigenvalue weighted by Crippen LogP contribution is -2.50. The van der Waals surface area contributed by atoms with E-state index in [0.29, 0.717) is 19.3 Å².